The van der Waals surface area contributed by atoms with E-state index in [2.05, 4.69) is 55.6 Å². The smallest absolute Gasteiger partial charge is 0.305 e. The Labute approximate surface area is 467 Å². The van der Waals surface area contributed by atoms with Gasteiger partial charge < -0.3 is 20.3 Å². The molecule has 2 unspecified atom stereocenters. The monoisotopic (exact) mass is 1050 g/mol. The van der Waals surface area contributed by atoms with E-state index in [9.17, 15) is 19.8 Å². The lowest BCUT2D eigenvalue weighted by Crippen LogP contribution is -2.45. The van der Waals surface area contributed by atoms with Crippen molar-refractivity contribution >= 4 is 11.9 Å². The number of hydrogen-bond acceptors (Lipinski definition) is 5. The molecule has 0 saturated carbocycles. The highest BCUT2D eigenvalue weighted by Gasteiger charge is 2.18. The minimum Gasteiger partial charge on any atom is -0.466 e. The molecule has 6 nitrogen and oxygen atoms in total. The van der Waals surface area contributed by atoms with E-state index in [1.807, 2.05) is 6.08 Å². The fraction of sp³-hybridized carbons (Fsp3) is 0.855. The number of allylic oxidation sites excluding steroid dienone is 7. The van der Waals surface area contributed by atoms with Crippen molar-refractivity contribution in [3.05, 3.63) is 48.6 Å². The third-order valence-electron chi connectivity index (χ3n) is 15.3. The highest BCUT2D eigenvalue weighted by Crippen LogP contribution is 2.17. The Kier molecular flexibility index (Phi) is 62.5. The Morgan fingerprint density at radius 2 is 0.667 bits per heavy atom. The molecule has 75 heavy (non-hydrogen) atoms. The second-order valence-electron chi connectivity index (χ2n) is 22.8. The quantitative estimate of drug-likeness (QED) is 0.0320. The van der Waals surface area contributed by atoms with Gasteiger partial charge in [0.05, 0.1) is 25.4 Å². The number of amides is 1. The van der Waals surface area contributed by atoms with Crippen molar-refractivity contribution in [2.24, 2.45) is 0 Å². The van der Waals surface area contributed by atoms with Crippen molar-refractivity contribution in [2.75, 3.05) is 13.2 Å². The Bertz CT molecular complexity index is 1260. The first-order chi connectivity index (χ1) is 37.0. The summed E-state index contributed by atoms with van der Waals surface area (Å²) in [5.41, 5.74) is 0. The van der Waals surface area contributed by atoms with Crippen molar-refractivity contribution in [1.82, 2.24) is 5.32 Å². The highest BCUT2D eigenvalue weighted by molar-refractivity contribution is 5.76. The molecule has 0 spiro atoms. The molecule has 0 aliphatic heterocycles. The standard InChI is InChI=1S/C69H129NO5/c1-3-5-7-9-11-13-15-17-19-21-27-30-33-37-41-45-49-53-57-61-67(72)66(65-71)70-68(73)62-58-54-50-46-42-38-34-31-28-25-23-22-24-26-29-32-36-40-44-48-52-56-60-64-75-69(74)63-59-55-51-47-43-39-35-20-18-16-14-12-10-8-6-4-2/h20,22,24-25,28,35,57,61,66-67,71-72H,3-19,21,23,26-27,29-34,36-56,58-60,62-65H2,1-2H3,(H,70,73)/b24-22-,28-25-,35-20-,61-57+. The molecule has 0 aromatic heterocycles. The normalized spacial score (nSPS) is 12.9. The zero-order valence-electron chi connectivity index (χ0n) is 50.3. The molecule has 0 saturated heterocycles. The van der Waals surface area contributed by atoms with Gasteiger partial charge in [0.25, 0.3) is 0 Å². The maximum absolute atomic E-state index is 12.5. The number of aliphatic hydroxyl groups is 2. The summed E-state index contributed by atoms with van der Waals surface area (Å²) in [5, 5.41) is 23.2. The summed E-state index contributed by atoms with van der Waals surface area (Å²) in [5.74, 6) is -0.0773. The van der Waals surface area contributed by atoms with E-state index in [1.54, 1.807) is 6.08 Å². The van der Waals surface area contributed by atoms with Crippen LogP contribution in [0.4, 0.5) is 0 Å². The molecule has 0 aliphatic carbocycles. The number of unbranched alkanes of at least 4 members (excludes halogenated alkanes) is 45. The molecule has 0 bridgehead atoms. The molecule has 0 heterocycles. The zero-order chi connectivity index (χ0) is 54.3. The summed E-state index contributed by atoms with van der Waals surface area (Å²) in [7, 11) is 0. The lowest BCUT2D eigenvalue weighted by molar-refractivity contribution is -0.143. The van der Waals surface area contributed by atoms with Crippen molar-refractivity contribution < 1.29 is 24.5 Å². The average Bonchev–Trinajstić information content (AvgIpc) is 3.41. The van der Waals surface area contributed by atoms with E-state index in [1.165, 1.54) is 263 Å². The summed E-state index contributed by atoms with van der Waals surface area (Å²) in [6.45, 7) is 4.91. The molecular weight excluding hydrogens is 923 g/mol. The molecule has 0 radical (unpaired) electrons. The van der Waals surface area contributed by atoms with Gasteiger partial charge in [0.1, 0.15) is 0 Å². The molecule has 0 aliphatic rings. The molecule has 1 amide bonds. The van der Waals surface area contributed by atoms with Gasteiger partial charge in [0.2, 0.25) is 5.91 Å². The second-order valence-corrected chi connectivity index (χ2v) is 22.8. The van der Waals surface area contributed by atoms with Crippen LogP contribution in [0, 0.1) is 0 Å². The number of hydrogen-bond donors (Lipinski definition) is 3. The van der Waals surface area contributed by atoms with Crippen LogP contribution < -0.4 is 5.32 Å². The van der Waals surface area contributed by atoms with Crippen molar-refractivity contribution in [1.29, 1.82) is 0 Å². The van der Waals surface area contributed by atoms with Gasteiger partial charge in [-0.15, -0.1) is 0 Å². The van der Waals surface area contributed by atoms with Crippen LogP contribution in [0.15, 0.2) is 48.6 Å². The molecule has 0 fully saturated rings. The van der Waals surface area contributed by atoms with Crippen molar-refractivity contribution in [3.63, 3.8) is 0 Å². The molecule has 0 aromatic carbocycles. The van der Waals surface area contributed by atoms with Crippen molar-refractivity contribution in [2.45, 2.75) is 366 Å². The third-order valence-corrected chi connectivity index (χ3v) is 15.3. The van der Waals surface area contributed by atoms with Crippen LogP contribution >= 0.6 is 0 Å². The van der Waals surface area contributed by atoms with Gasteiger partial charge in [0, 0.05) is 12.8 Å². The van der Waals surface area contributed by atoms with Gasteiger partial charge in [-0.2, -0.15) is 0 Å². The van der Waals surface area contributed by atoms with E-state index in [0.717, 1.165) is 64.2 Å². The van der Waals surface area contributed by atoms with Gasteiger partial charge in [-0.25, -0.2) is 0 Å². The molecule has 440 valence electrons. The number of carbonyl (C=O) groups is 2. The molecule has 6 heteroatoms. The van der Waals surface area contributed by atoms with Crippen LogP contribution in [0.3, 0.4) is 0 Å². The fourth-order valence-electron chi connectivity index (χ4n) is 10.2. The summed E-state index contributed by atoms with van der Waals surface area (Å²) in [4.78, 5) is 24.6. The van der Waals surface area contributed by atoms with Crippen LogP contribution in [0.2, 0.25) is 0 Å². The highest BCUT2D eigenvalue weighted by atomic mass is 16.5. The average molecular weight is 1050 g/mol. The summed E-state index contributed by atoms with van der Waals surface area (Å²) in [6.07, 6.45) is 83.1. The number of esters is 1. The summed E-state index contributed by atoms with van der Waals surface area (Å²) < 4.78 is 5.48. The number of nitrogens with one attached hydrogen (secondary N) is 1. The largest absolute Gasteiger partial charge is 0.466 e. The molecule has 0 aromatic rings. The maximum Gasteiger partial charge on any atom is 0.305 e. The summed E-state index contributed by atoms with van der Waals surface area (Å²) in [6, 6.07) is -0.637. The first-order valence-electron chi connectivity index (χ1n) is 33.4. The zero-order valence-corrected chi connectivity index (χ0v) is 50.3. The Hall–Kier alpha value is -2.18. The number of carbonyl (C=O) groups excluding carboxylic acids is 2. The van der Waals surface area contributed by atoms with E-state index >= 15 is 0 Å². The van der Waals surface area contributed by atoms with Gasteiger partial charge >= 0.3 is 5.97 Å². The maximum atomic E-state index is 12.5. The van der Waals surface area contributed by atoms with Crippen LogP contribution in [0.1, 0.15) is 354 Å². The predicted molar refractivity (Wildman–Crippen MR) is 329 cm³/mol. The predicted octanol–water partition coefficient (Wildman–Crippen LogP) is 21.3. The second kappa shape index (κ2) is 64.3. The Morgan fingerprint density at radius 1 is 0.373 bits per heavy atom. The molecule has 0 rings (SSSR count). The number of ether oxygens (including phenoxy) is 1. The fourth-order valence-corrected chi connectivity index (χ4v) is 10.2. The number of aliphatic hydroxyl groups excluding tert-OH is 2. The lowest BCUT2D eigenvalue weighted by atomic mass is 10.0. The Balaban J connectivity index is 3.48. The van der Waals surface area contributed by atoms with Gasteiger partial charge in [-0.1, -0.05) is 300 Å². The van der Waals surface area contributed by atoms with E-state index in [4.69, 9.17) is 4.74 Å². The first kappa shape index (κ1) is 72.8. The van der Waals surface area contributed by atoms with Gasteiger partial charge in [-0.3, -0.25) is 9.59 Å². The lowest BCUT2D eigenvalue weighted by Gasteiger charge is -2.20. The van der Waals surface area contributed by atoms with E-state index in [0.29, 0.717) is 19.4 Å². The van der Waals surface area contributed by atoms with Crippen LogP contribution in [0.5, 0.6) is 0 Å². The SMILES string of the molecule is CCCCCCCCC/C=C\CCCCCCCC(=O)OCCCCCCCCCCC/C=C\C/C=C\CCCCCCCCCC(=O)NC(CO)C(O)/C=C/CCCCCCCCCCCCCCCCCCC. The molecular formula is C69H129NO5. The Morgan fingerprint density at radius 3 is 1.03 bits per heavy atom. The minimum atomic E-state index is -0.853. The van der Waals surface area contributed by atoms with Crippen LogP contribution in [-0.2, 0) is 14.3 Å². The van der Waals surface area contributed by atoms with E-state index < -0.39 is 12.1 Å². The summed E-state index contributed by atoms with van der Waals surface area (Å²) >= 11 is 0. The number of rotatable bonds is 62. The van der Waals surface area contributed by atoms with Crippen LogP contribution in [-0.4, -0.2) is 47.4 Å². The molecule has 3 N–H and O–H groups in total. The van der Waals surface area contributed by atoms with Gasteiger partial charge in [-0.05, 0) is 89.9 Å². The topological polar surface area (TPSA) is 95.9 Å². The van der Waals surface area contributed by atoms with E-state index in [-0.39, 0.29) is 18.5 Å². The van der Waals surface area contributed by atoms with Gasteiger partial charge in [0.15, 0.2) is 0 Å². The van der Waals surface area contributed by atoms with Crippen LogP contribution in [0.25, 0.3) is 0 Å². The van der Waals surface area contributed by atoms with Crippen molar-refractivity contribution in [3.8, 4) is 0 Å². The third kappa shape index (κ3) is 60.9. The minimum absolute atomic E-state index is 0.000820. The molecule has 2 atom stereocenters. The first-order valence-corrected chi connectivity index (χ1v) is 33.4.